The fourth-order valence-corrected chi connectivity index (χ4v) is 3.42. The van der Waals surface area contributed by atoms with Crippen molar-refractivity contribution in [3.05, 3.63) is 35.9 Å². The summed E-state index contributed by atoms with van der Waals surface area (Å²) in [5, 5.41) is 5.29. The van der Waals surface area contributed by atoms with Crippen LogP contribution in [0.15, 0.2) is 30.3 Å². The molecule has 1 aromatic carbocycles. The lowest BCUT2D eigenvalue weighted by Gasteiger charge is -2.34. The summed E-state index contributed by atoms with van der Waals surface area (Å²) < 4.78 is 10.2. The second-order valence-corrected chi connectivity index (χ2v) is 8.94. The van der Waals surface area contributed by atoms with E-state index in [1.807, 2.05) is 13.0 Å². The number of amides is 3. The van der Waals surface area contributed by atoms with Gasteiger partial charge in [-0.25, -0.2) is 4.79 Å². The monoisotopic (exact) mass is 495 g/mol. The minimum Gasteiger partial charge on any atom is -0.466 e. The number of rotatable bonds is 12. The molecule has 0 saturated heterocycles. The average Bonchev–Trinajstić information content (AvgIpc) is 2.76. The maximum absolute atomic E-state index is 13.5. The van der Waals surface area contributed by atoms with E-state index in [1.54, 1.807) is 52.0 Å². The van der Waals surface area contributed by atoms with Crippen molar-refractivity contribution in [3.63, 3.8) is 0 Å². The maximum atomic E-state index is 13.5. The number of nitrogens with one attached hydrogen (secondary N) is 2. The molecule has 1 aromatic rings. The van der Waals surface area contributed by atoms with E-state index in [0.717, 1.165) is 0 Å². The van der Waals surface area contributed by atoms with Gasteiger partial charge in [-0.05, 0) is 39.7 Å². The quantitative estimate of drug-likeness (QED) is 0.304. The number of nitrogens with zero attached hydrogens (tertiary/aromatic N) is 1. The minimum absolute atomic E-state index is 0.0161. The molecule has 0 fully saturated rings. The fourth-order valence-electron chi connectivity index (χ4n) is 3.17. The summed E-state index contributed by atoms with van der Waals surface area (Å²) in [6.07, 6.45) is -0.148. The Hall–Kier alpha value is -2.75. The molecule has 1 rings (SSSR count). The van der Waals surface area contributed by atoms with Crippen LogP contribution in [0.25, 0.3) is 0 Å². The Kier molecular flexibility index (Phi) is 12.5. The summed E-state index contributed by atoms with van der Waals surface area (Å²) in [5.41, 5.74) is -0.129. The van der Waals surface area contributed by atoms with Gasteiger partial charge < -0.3 is 25.0 Å². The zero-order valence-corrected chi connectivity index (χ0v) is 21.5. The molecule has 0 spiro atoms. The van der Waals surface area contributed by atoms with Gasteiger partial charge in [0.25, 0.3) is 0 Å². The van der Waals surface area contributed by atoms with Crippen LogP contribution in [0, 0.1) is 0 Å². The van der Waals surface area contributed by atoms with Crippen molar-refractivity contribution in [2.75, 3.05) is 25.4 Å². The van der Waals surface area contributed by atoms with Crippen molar-refractivity contribution < 1.29 is 28.7 Å². The summed E-state index contributed by atoms with van der Waals surface area (Å²) in [6, 6.07) is 6.91. The zero-order chi connectivity index (χ0) is 25.7. The first-order valence-electron chi connectivity index (χ1n) is 11.4. The molecule has 0 heterocycles. The van der Waals surface area contributed by atoms with Gasteiger partial charge in [-0.15, -0.1) is 0 Å². The van der Waals surface area contributed by atoms with Crippen molar-refractivity contribution in [2.45, 2.75) is 65.1 Å². The van der Waals surface area contributed by atoms with Crippen LogP contribution in [0.2, 0.25) is 0 Å². The number of carbonyl (C=O) groups is 4. The second kappa shape index (κ2) is 14.5. The molecule has 2 atom stereocenters. The van der Waals surface area contributed by atoms with Crippen LogP contribution in [0.4, 0.5) is 4.79 Å². The van der Waals surface area contributed by atoms with Gasteiger partial charge in [-0.2, -0.15) is 12.6 Å². The van der Waals surface area contributed by atoms with E-state index in [-0.39, 0.29) is 31.9 Å². The van der Waals surface area contributed by atoms with Crippen molar-refractivity contribution >= 4 is 36.5 Å². The number of esters is 1. The van der Waals surface area contributed by atoms with Crippen molar-refractivity contribution in [1.29, 1.82) is 0 Å². The molecule has 0 aliphatic heterocycles. The van der Waals surface area contributed by atoms with Crippen LogP contribution in [0.3, 0.4) is 0 Å². The van der Waals surface area contributed by atoms with E-state index >= 15 is 0 Å². The topological polar surface area (TPSA) is 114 Å². The normalized spacial score (nSPS) is 12.8. The van der Waals surface area contributed by atoms with E-state index in [1.165, 1.54) is 4.90 Å². The van der Waals surface area contributed by atoms with Crippen LogP contribution in [0.5, 0.6) is 0 Å². The lowest BCUT2D eigenvalue weighted by molar-refractivity contribution is -0.144. The van der Waals surface area contributed by atoms with Gasteiger partial charge in [0.1, 0.15) is 17.7 Å². The predicted octanol–water partition coefficient (Wildman–Crippen LogP) is 2.86. The molecule has 190 valence electrons. The first kappa shape index (κ1) is 29.3. The first-order valence-corrected chi connectivity index (χ1v) is 12.1. The van der Waals surface area contributed by atoms with E-state index in [0.29, 0.717) is 12.0 Å². The zero-order valence-electron chi connectivity index (χ0n) is 20.6. The number of hydrogen-bond donors (Lipinski definition) is 3. The van der Waals surface area contributed by atoms with Crippen LogP contribution >= 0.6 is 12.6 Å². The van der Waals surface area contributed by atoms with Crippen LogP contribution < -0.4 is 10.6 Å². The third-order valence-corrected chi connectivity index (χ3v) is 4.89. The van der Waals surface area contributed by atoms with Gasteiger partial charge in [-0.1, -0.05) is 37.3 Å². The largest absolute Gasteiger partial charge is 0.466 e. The third kappa shape index (κ3) is 10.0. The van der Waals surface area contributed by atoms with Gasteiger partial charge in [0.2, 0.25) is 11.8 Å². The molecular weight excluding hydrogens is 458 g/mol. The Labute approximate surface area is 207 Å². The minimum atomic E-state index is -0.997. The molecule has 0 aromatic heterocycles. The van der Waals surface area contributed by atoms with Gasteiger partial charge in [-0.3, -0.25) is 14.4 Å². The highest BCUT2D eigenvalue weighted by Crippen LogP contribution is 2.23. The lowest BCUT2D eigenvalue weighted by atomic mass is 10.0. The van der Waals surface area contributed by atoms with Crippen LogP contribution in [0.1, 0.15) is 59.1 Å². The molecule has 0 aliphatic carbocycles. The highest BCUT2D eigenvalue weighted by Gasteiger charge is 2.35. The van der Waals surface area contributed by atoms with Gasteiger partial charge in [0.05, 0.1) is 13.0 Å². The van der Waals surface area contributed by atoms with Crippen molar-refractivity contribution in [3.8, 4) is 0 Å². The molecule has 0 saturated carbocycles. The number of carbonyl (C=O) groups excluding carboxylic acids is 4. The van der Waals surface area contributed by atoms with E-state index < -0.39 is 41.6 Å². The molecule has 0 radical (unpaired) electrons. The highest BCUT2D eigenvalue weighted by atomic mass is 32.1. The first-order chi connectivity index (χ1) is 16.0. The summed E-state index contributed by atoms with van der Waals surface area (Å²) in [4.78, 5) is 52.1. The predicted molar refractivity (Wildman–Crippen MR) is 132 cm³/mol. The Morgan fingerprint density at radius 1 is 1.09 bits per heavy atom. The number of alkyl carbamates (subject to hydrolysis) is 1. The molecule has 0 aliphatic rings. The number of hydrogen-bond acceptors (Lipinski definition) is 7. The summed E-state index contributed by atoms with van der Waals surface area (Å²) in [6.45, 7) is 9.36. The Bertz CT molecular complexity index is 813. The van der Waals surface area contributed by atoms with E-state index in [4.69, 9.17) is 9.47 Å². The SMILES string of the molecule is CCCN(C(=O)C(CS)NC(=O)OC(C)(C)C)C(C(=O)NCCC(=O)OCC)c1ccccc1. The Morgan fingerprint density at radius 3 is 2.26 bits per heavy atom. The molecule has 2 unspecified atom stereocenters. The van der Waals surface area contributed by atoms with Crippen LogP contribution in [-0.2, 0) is 23.9 Å². The van der Waals surface area contributed by atoms with Gasteiger partial charge >= 0.3 is 12.1 Å². The van der Waals surface area contributed by atoms with Gasteiger partial charge in [0, 0.05) is 18.8 Å². The Balaban J connectivity index is 3.15. The molecule has 9 nitrogen and oxygen atoms in total. The van der Waals surface area contributed by atoms with Crippen molar-refractivity contribution in [1.82, 2.24) is 15.5 Å². The number of benzene rings is 1. The molecular formula is C24H37N3O6S. The number of ether oxygens (including phenoxy) is 2. The number of thiol groups is 1. The highest BCUT2D eigenvalue weighted by molar-refractivity contribution is 7.80. The third-order valence-electron chi connectivity index (χ3n) is 4.53. The fraction of sp³-hybridized carbons (Fsp3) is 0.583. The van der Waals surface area contributed by atoms with E-state index in [9.17, 15) is 19.2 Å². The van der Waals surface area contributed by atoms with Crippen molar-refractivity contribution in [2.24, 2.45) is 0 Å². The molecule has 34 heavy (non-hydrogen) atoms. The molecule has 2 N–H and O–H groups in total. The Morgan fingerprint density at radius 2 is 1.74 bits per heavy atom. The van der Waals surface area contributed by atoms with Crippen LogP contribution in [-0.4, -0.2) is 65.9 Å². The molecule has 3 amide bonds. The summed E-state index contributed by atoms with van der Waals surface area (Å²) >= 11 is 4.24. The second-order valence-electron chi connectivity index (χ2n) is 8.57. The van der Waals surface area contributed by atoms with E-state index in [2.05, 4.69) is 23.3 Å². The smallest absolute Gasteiger partial charge is 0.408 e. The summed E-state index contributed by atoms with van der Waals surface area (Å²) in [7, 11) is 0. The average molecular weight is 496 g/mol. The van der Waals surface area contributed by atoms with Gasteiger partial charge in [0.15, 0.2) is 0 Å². The summed E-state index contributed by atoms with van der Waals surface area (Å²) in [5.74, 6) is -1.30. The molecule has 10 heteroatoms. The molecule has 0 bridgehead atoms. The maximum Gasteiger partial charge on any atom is 0.408 e. The lowest BCUT2D eigenvalue weighted by Crippen LogP contribution is -2.54. The standard InChI is InChI=1S/C24H37N3O6S/c1-6-15-27(22(30)18(16-34)26-23(31)33-24(3,4)5)20(17-11-9-8-10-12-17)21(29)25-14-13-19(28)32-7-2/h8-12,18,20,34H,6-7,13-16H2,1-5H3,(H,25,29)(H,26,31).